The maximum absolute atomic E-state index is 15.4. The molecule has 1 aromatic carbocycles. The molecule has 33 nitrogen and oxygen atoms in total. The summed E-state index contributed by atoms with van der Waals surface area (Å²) in [6.45, 7) is 16.6. The summed E-state index contributed by atoms with van der Waals surface area (Å²) in [6, 6.07) is 0.197. The van der Waals surface area contributed by atoms with E-state index < -0.39 is 70.8 Å². The highest BCUT2D eigenvalue weighted by Crippen LogP contribution is 2.46. The molecule has 6 atom stereocenters. The molecule has 1 saturated heterocycles. The molecule has 1 fully saturated rings. The number of aliphatic hydroxyl groups is 2. The highest BCUT2D eigenvalue weighted by atomic mass is 19.1. The number of carbonyl (C=O) groups is 8. The third-order valence-electron chi connectivity index (χ3n) is 17.6. The molecule has 7 N–H and O–H groups in total. The zero-order valence-corrected chi connectivity index (χ0v) is 60.2. The van der Waals surface area contributed by atoms with Crippen LogP contribution in [-0.2, 0) is 130 Å². The van der Waals surface area contributed by atoms with Crippen LogP contribution in [0, 0.1) is 18.7 Å². The molecule has 0 radical (unpaired) electrons. The highest BCUT2D eigenvalue weighted by molar-refractivity contribution is 6.03. The number of ether oxygens (including phenoxy) is 14. The summed E-state index contributed by atoms with van der Waals surface area (Å²) >= 11 is 0. The van der Waals surface area contributed by atoms with Gasteiger partial charge in [-0.15, -0.1) is 0 Å². The van der Waals surface area contributed by atoms with Crippen molar-refractivity contribution >= 4 is 58.2 Å². The van der Waals surface area contributed by atoms with E-state index in [-0.39, 0.29) is 120 Å². The van der Waals surface area contributed by atoms with Gasteiger partial charge in [-0.2, -0.15) is 0 Å². The van der Waals surface area contributed by atoms with Gasteiger partial charge in [0.05, 0.1) is 200 Å². The van der Waals surface area contributed by atoms with Gasteiger partial charge < -0.3 is 108 Å². The lowest BCUT2D eigenvalue weighted by atomic mass is 9.81. The Morgan fingerprint density at radius 3 is 1.68 bits per heavy atom. The second-order valence-electron chi connectivity index (χ2n) is 25.0. The molecule has 0 spiro atoms. The minimum absolute atomic E-state index is 0.0213. The minimum atomic E-state index is -2.06. The standard InChI is InChI=1S/C70H103FN8O25/c1-6-70(90)52-40-56-63-50(42-79(56)68(88)51(52)43-104-69(70)89)62-54(8-7-49-46(3)53(71)41-55(76-63)61(49)62)77-66(86)57(80)10-14-103-44-73-64(84)47(4)75-65(85)48(5)74-59(82)11-15-91-17-19-93-21-23-95-25-27-97-29-31-99-33-35-101-37-38-102-36-34-100-32-30-98-28-26-96-24-22-94-20-18-92-16-12-72-58(81)9-13-78-60(83)39-45(2)67(78)87/h40-41,45,47-48,54,57,80,90H,6-39,42-44H2,1-5H3,(H,72,81)(H,73,84)(H,74,82)(H,75,85)(H,77,86)/t45?,47-,48-,54-,57+,70-/m0/s1. The van der Waals surface area contributed by atoms with E-state index in [2.05, 4.69) is 26.6 Å². The van der Waals surface area contributed by atoms with Crippen LogP contribution in [0.4, 0.5) is 4.39 Å². The van der Waals surface area contributed by atoms with Gasteiger partial charge in [0, 0.05) is 67.3 Å². The maximum atomic E-state index is 15.4. The SMILES string of the molecule is CC[C@@]1(O)C(=O)OCc2c1cc1n(c2=O)Cc2c-1nc1cc(F)c(C)c3c1c2[C@@H](NC(=O)[C@H](O)CCOCNC(=O)[C@H](C)NC(=O)[C@H](C)NC(=O)CCOCCOCCOCCOCCOCCOCCOCCOCCOCCOCCOCCOCCNC(=O)CCN1C(=O)CC(C)C1=O)CC3. The number of halogens is 1. The first-order valence-electron chi connectivity index (χ1n) is 35.5. The van der Waals surface area contributed by atoms with Gasteiger partial charge in [-0.3, -0.25) is 43.3 Å². The fourth-order valence-corrected chi connectivity index (χ4v) is 11.8. The second kappa shape index (κ2) is 44.7. The van der Waals surface area contributed by atoms with E-state index in [0.29, 0.717) is 203 Å². The topological polar surface area (TPSA) is 405 Å². The maximum Gasteiger partial charge on any atom is 0.343 e. The number of pyridine rings is 2. The van der Waals surface area contributed by atoms with Crippen molar-refractivity contribution in [2.75, 3.05) is 185 Å². The molecule has 1 aliphatic carbocycles. The molecule has 3 aromatic rings. The van der Waals surface area contributed by atoms with Crippen LogP contribution in [0.3, 0.4) is 0 Å². The van der Waals surface area contributed by atoms with Gasteiger partial charge in [0.1, 0.15) is 37.3 Å². The van der Waals surface area contributed by atoms with Crippen molar-refractivity contribution in [3.8, 4) is 11.4 Å². The lowest BCUT2D eigenvalue weighted by molar-refractivity contribution is -0.172. The first-order chi connectivity index (χ1) is 50.2. The average Bonchev–Trinajstić information content (AvgIpc) is 1.48. The summed E-state index contributed by atoms with van der Waals surface area (Å²) in [7, 11) is 0. The lowest BCUT2D eigenvalue weighted by Crippen LogP contribution is -2.52. The normalized spacial score (nSPS) is 17.5. The van der Waals surface area contributed by atoms with Gasteiger partial charge in [0.15, 0.2) is 5.60 Å². The van der Waals surface area contributed by atoms with Gasteiger partial charge in [-0.05, 0) is 62.8 Å². The number of fused-ring (bicyclic) bond motifs is 5. The Hall–Kier alpha value is -7.13. The highest BCUT2D eigenvalue weighted by Gasteiger charge is 2.46. The van der Waals surface area contributed by atoms with Crippen molar-refractivity contribution in [1.82, 2.24) is 41.0 Å². The minimum Gasteiger partial charge on any atom is -0.458 e. The summed E-state index contributed by atoms with van der Waals surface area (Å²) in [5.74, 6) is -4.72. The number of hydrogen-bond donors (Lipinski definition) is 7. The number of esters is 1. The first-order valence-corrected chi connectivity index (χ1v) is 35.5. The Balaban J connectivity index is 0.590. The van der Waals surface area contributed by atoms with E-state index in [4.69, 9.17) is 71.3 Å². The molecule has 1 unspecified atom stereocenters. The van der Waals surface area contributed by atoms with Crippen LogP contribution in [-0.4, -0.2) is 275 Å². The largest absolute Gasteiger partial charge is 0.458 e. The van der Waals surface area contributed by atoms with Crippen LogP contribution >= 0.6 is 0 Å². The van der Waals surface area contributed by atoms with Crippen LogP contribution in [0.5, 0.6) is 0 Å². The van der Waals surface area contributed by atoms with Gasteiger partial charge in [-0.25, -0.2) is 14.2 Å². The Morgan fingerprint density at radius 1 is 0.644 bits per heavy atom. The number of carbonyl (C=O) groups excluding carboxylic acids is 8. The smallest absolute Gasteiger partial charge is 0.343 e. The van der Waals surface area contributed by atoms with Crippen molar-refractivity contribution in [3.63, 3.8) is 0 Å². The van der Waals surface area contributed by atoms with E-state index in [1.54, 1.807) is 26.8 Å². The number of hydrogen-bond acceptors (Lipinski definition) is 26. The Kier molecular flexibility index (Phi) is 36.2. The lowest BCUT2D eigenvalue weighted by Gasteiger charge is -2.31. The van der Waals surface area contributed by atoms with E-state index in [0.717, 1.165) is 4.90 Å². The number of aryl methyl sites for hydroxylation is 1. The number of nitrogens with one attached hydrogen (secondary N) is 5. The molecule has 3 aliphatic heterocycles. The van der Waals surface area contributed by atoms with Crippen molar-refractivity contribution < 1.29 is 119 Å². The van der Waals surface area contributed by atoms with Crippen molar-refractivity contribution in [2.24, 2.45) is 5.92 Å². The Bertz CT molecular complexity index is 3380. The third kappa shape index (κ3) is 25.6. The number of rotatable bonds is 54. The fraction of sp³-hybridized carbons (Fsp3) is 0.686. The van der Waals surface area contributed by atoms with E-state index >= 15 is 4.39 Å². The number of aliphatic hydroxyl groups excluding tert-OH is 1. The van der Waals surface area contributed by atoms with Gasteiger partial charge in [0.2, 0.25) is 41.4 Å². The molecule has 7 rings (SSSR count). The number of imide groups is 1. The second-order valence-corrected chi connectivity index (χ2v) is 25.0. The zero-order chi connectivity index (χ0) is 74.8. The predicted molar refractivity (Wildman–Crippen MR) is 366 cm³/mol. The molecule has 0 saturated carbocycles. The molecule has 4 aliphatic rings. The first kappa shape index (κ1) is 84.1. The monoisotopic (exact) mass is 1470 g/mol. The molecule has 580 valence electrons. The molecule has 104 heavy (non-hydrogen) atoms. The predicted octanol–water partition coefficient (Wildman–Crippen LogP) is -0.0281. The van der Waals surface area contributed by atoms with Crippen LogP contribution < -0.4 is 32.1 Å². The van der Waals surface area contributed by atoms with E-state index in [1.165, 1.54) is 24.5 Å². The van der Waals surface area contributed by atoms with Crippen LogP contribution in [0.2, 0.25) is 0 Å². The van der Waals surface area contributed by atoms with Gasteiger partial charge in [-0.1, -0.05) is 13.8 Å². The molecular formula is C70H103FN8O25. The quantitative estimate of drug-likeness (QED) is 0.0132. The number of likely N-dealkylation sites (tertiary alicyclic amines) is 1. The number of cyclic esters (lactones) is 1. The number of benzene rings is 1. The molecular weight excluding hydrogens is 1370 g/mol. The molecule has 5 heterocycles. The summed E-state index contributed by atoms with van der Waals surface area (Å²) in [6.07, 6.45) is -0.788. The zero-order valence-electron chi connectivity index (χ0n) is 60.2. The summed E-state index contributed by atoms with van der Waals surface area (Å²) in [5.41, 5.74) is 1.06. The molecule has 2 aromatic heterocycles. The van der Waals surface area contributed by atoms with Crippen LogP contribution in [0.25, 0.3) is 22.3 Å². The molecule has 34 heteroatoms. The Morgan fingerprint density at radius 2 is 1.16 bits per heavy atom. The summed E-state index contributed by atoms with van der Waals surface area (Å²) in [4.78, 5) is 120. The van der Waals surface area contributed by atoms with E-state index in [1.807, 2.05) is 0 Å². The number of nitrogens with zero attached hydrogens (tertiary/aromatic N) is 3. The van der Waals surface area contributed by atoms with E-state index in [9.17, 15) is 53.4 Å². The molecule has 0 bridgehead atoms. The Labute approximate surface area is 603 Å². The number of aromatic nitrogens is 2. The average molecular weight is 1480 g/mol. The van der Waals surface area contributed by atoms with Crippen molar-refractivity contribution in [1.29, 1.82) is 0 Å². The number of amides is 7. The van der Waals surface area contributed by atoms with Crippen molar-refractivity contribution in [2.45, 2.75) is 123 Å². The summed E-state index contributed by atoms with van der Waals surface area (Å²) in [5, 5.41) is 36.3. The van der Waals surface area contributed by atoms with Crippen LogP contribution in [0.1, 0.15) is 106 Å². The van der Waals surface area contributed by atoms with Crippen molar-refractivity contribution in [3.05, 3.63) is 61.7 Å². The van der Waals surface area contributed by atoms with Crippen LogP contribution in [0.15, 0.2) is 16.9 Å². The van der Waals surface area contributed by atoms with Gasteiger partial charge in [0.25, 0.3) is 5.56 Å². The third-order valence-corrected chi connectivity index (χ3v) is 17.6. The molecule has 7 amide bonds. The van der Waals surface area contributed by atoms with Gasteiger partial charge >= 0.3 is 5.97 Å². The summed E-state index contributed by atoms with van der Waals surface area (Å²) < 4.78 is 93.5. The fourth-order valence-electron chi connectivity index (χ4n) is 11.8.